The SMILES string of the molecule is O=C(CCc1nnc(-c2ccsc2)o1)NC(c1ccccc1)c1ccccn1. The molecule has 0 radical (unpaired) electrons. The van der Waals surface area contributed by atoms with E-state index in [9.17, 15) is 4.79 Å². The van der Waals surface area contributed by atoms with Crippen molar-refractivity contribution < 1.29 is 9.21 Å². The molecule has 1 atom stereocenters. The van der Waals surface area contributed by atoms with Crippen molar-refractivity contribution in [1.82, 2.24) is 20.5 Å². The average molecular weight is 390 g/mol. The van der Waals surface area contributed by atoms with E-state index in [0.29, 0.717) is 18.2 Å². The Morgan fingerprint density at radius 2 is 1.93 bits per heavy atom. The third-order valence-electron chi connectivity index (χ3n) is 4.22. The van der Waals surface area contributed by atoms with Crippen molar-refractivity contribution in [2.45, 2.75) is 18.9 Å². The Morgan fingerprint density at radius 3 is 2.68 bits per heavy atom. The molecule has 6 nitrogen and oxygen atoms in total. The van der Waals surface area contributed by atoms with Gasteiger partial charge in [-0.2, -0.15) is 11.3 Å². The van der Waals surface area contributed by atoms with Crippen LogP contribution in [0.4, 0.5) is 0 Å². The molecule has 3 aromatic heterocycles. The van der Waals surface area contributed by atoms with E-state index in [2.05, 4.69) is 20.5 Å². The van der Waals surface area contributed by atoms with Crippen molar-refractivity contribution >= 4 is 17.2 Å². The van der Waals surface area contributed by atoms with Gasteiger partial charge in [0, 0.05) is 30.0 Å². The van der Waals surface area contributed by atoms with Crippen LogP contribution in [0.3, 0.4) is 0 Å². The summed E-state index contributed by atoms with van der Waals surface area (Å²) in [6, 6.07) is 17.1. The van der Waals surface area contributed by atoms with E-state index >= 15 is 0 Å². The second-order valence-electron chi connectivity index (χ2n) is 6.18. The Hall–Kier alpha value is -3.32. The third-order valence-corrected chi connectivity index (χ3v) is 4.91. The molecular formula is C21H18N4O2S. The van der Waals surface area contributed by atoms with Gasteiger partial charge in [-0.3, -0.25) is 9.78 Å². The van der Waals surface area contributed by atoms with E-state index in [0.717, 1.165) is 16.8 Å². The zero-order valence-corrected chi connectivity index (χ0v) is 15.8. The monoisotopic (exact) mass is 390 g/mol. The highest BCUT2D eigenvalue weighted by atomic mass is 32.1. The number of hydrogen-bond acceptors (Lipinski definition) is 6. The number of rotatable bonds is 7. The first kappa shape index (κ1) is 18.1. The summed E-state index contributed by atoms with van der Waals surface area (Å²) < 4.78 is 5.64. The molecule has 7 heteroatoms. The number of hydrogen-bond donors (Lipinski definition) is 1. The molecule has 1 N–H and O–H groups in total. The van der Waals surface area contributed by atoms with Gasteiger partial charge in [0.2, 0.25) is 17.7 Å². The minimum Gasteiger partial charge on any atom is -0.421 e. The van der Waals surface area contributed by atoms with Crippen molar-refractivity contribution in [3.63, 3.8) is 0 Å². The van der Waals surface area contributed by atoms with Gasteiger partial charge in [0.05, 0.1) is 11.7 Å². The first-order chi connectivity index (χ1) is 13.8. The Bertz CT molecular complexity index is 978. The topological polar surface area (TPSA) is 80.9 Å². The highest BCUT2D eigenvalue weighted by Gasteiger charge is 2.18. The highest BCUT2D eigenvalue weighted by molar-refractivity contribution is 7.08. The molecular weight excluding hydrogens is 372 g/mol. The number of pyridine rings is 1. The molecule has 0 spiro atoms. The van der Waals surface area contributed by atoms with Gasteiger partial charge in [-0.15, -0.1) is 10.2 Å². The summed E-state index contributed by atoms with van der Waals surface area (Å²) in [4.78, 5) is 17.0. The Kier molecular flexibility index (Phi) is 5.53. The first-order valence-electron chi connectivity index (χ1n) is 8.90. The van der Waals surface area contributed by atoms with Gasteiger partial charge in [0.15, 0.2) is 0 Å². The average Bonchev–Trinajstić information content (AvgIpc) is 3.43. The zero-order valence-electron chi connectivity index (χ0n) is 15.0. The smallest absolute Gasteiger partial charge is 0.248 e. The van der Waals surface area contributed by atoms with E-state index in [1.807, 2.05) is 65.4 Å². The fourth-order valence-corrected chi connectivity index (χ4v) is 3.46. The number of nitrogens with zero attached hydrogens (tertiary/aromatic N) is 3. The largest absolute Gasteiger partial charge is 0.421 e. The lowest BCUT2D eigenvalue weighted by molar-refractivity contribution is -0.121. The van der Waals surface area contributed by atoms with Crippen molar-refractivity contribution in [2.24, 2.45) is 0 Å². The van der Waals surface area contributed by atoms with Crippen LogP contribution in [0.1, 0.15) is 29.6 Å². The van der Waals surface area contributed by atoms with Crippen molar-refractivity contribution in [3.05, 3.63) is 88.7 Å². The van der Waals surface area contributed by atoms with Crippen LogP contribution in [-0.4, -0.2) is 21.1 Å². The lowest BCUT2D eigenvalue weighted by Gasteiger charge is -2.18. The van der Waals surface area contributed by atoms with Gasteiger partial charge < -0.3 is 9.73 Å². The second-order valence-corrected chi connectivity index (χ2v) is 6.96. The molecule has 0 saturated heterocycles. The molecule has 0 aliphatic carbocycles. The number of aryl methyl sites for hydroxylation is 1. The predicted molar refractivity (Wildman–Crippen MR) is 107 cm³/mol. The Balaban J connectivity index is 1.42. The summed E-state index contributed by atoms with van der Waals surface area (Å²) in [6.07, 6.45) is 2.36. The van der Waals surface area contributed by atoms with Gasteiger partial charge in [0.1, 0.15) is 0 Å². The lowest BCUT2D eigenvalue weighted by atomic mass is 10.0. The number of nitrogens with one attached hydrogen (secondary N) is 1. The van der Waals surface area contributed by atoms with Gasteiger partial charge in [-0.05, 0) is 29.1 Å². The quantitative estimate of drug-likeness (QED) is 0.515. The summed E-state index contributed by atoms with van der Waals surface area (Å²) in [5.41, 5.74) is 2.67. The van der Waals surface area contributed by atoms with Crippen LogP contribution in [0.25, 0.3) is 11.5 Å². The molecule has 0 bridgehead atoms. The van der Waals surface area contributed by atoms with E-state index in [1.165, 1.54) is 0 Å². The molecule has 0 aliphatic rings. The maximum Gasteiger partial charge on any atom is 0.248 e. The molecule has 0 saturated carbocycles. The van der Waals surface area contributed by atoms with Crippen LogP contribution >= 0.6 is 11.3 Å². The van der Waals surface area contributed by atoms with Crippen LogP contribution in [0.5, 0.6) is 0 Å². The molecule has 1 amide bonds. The fraction of sp³-hybridized carbons (Fsp3) is 0.143. The predicted octanol–water partition coefficient (Wildman–Crippen LogP) is 4.03. The molecule has 3 heterocycles. The number of amides is 1. The van der Waals surface area contributed by atoms with Crippen LogP contribution in [0.2, 0.25) is 0 Å². The second kappa shape index (κ2) is 8.58. The molecule has 28 heavy (non-hydrogen) atoms. The minimum absolute atomic E-state index is 0.102. The Labute approximate surface area is 166 Å². The van der Waals surface area contributed by atoms with Crippen LogP contribution in [0.15, 0.2) is 76.0 Å². The minimum atomic E-state index is -0.307. The summed E-state index contributed by atoms with van der Waals surface area (Å²) in [5, 5.41) is 15.0. The fourth-order valence-electron chi connectivity index (χ4n) is 2.83. The van der Waals surface area contributed by atoms with Crippen LogP contribution in [0, 0.1) is 0 Å². The molecule has 0 fully saturated rings. The Morgan fingerprint density at radius 1 is 1.07 bits per heavy atom. The summed E-state index contributed by atoms with van der Waals surface area (Å²) >= 11 is 1.57. The zero-order chi connectivity index (χ0) is 19.2. The third kappa shape index (κ3) is 4.32. The van der Waals surface area contributed by atoms with Gasteiger partial charge in [-0.1, -0.05) is 36.4 Å². The van der Waals surface area contributed by atoms with Crippen molar-refractivity contribution in [3.8, 4) is 11.5 Å². The molecule has 1 unspecified atom stereocenters. The maximum absolute atomic E-state index is 12.6. The molecule has 1 aromatic carbocycles. The molecule has 140 valence electrons. The lowest BCUT2D eigenvalue weighted by Crippen LogP contribution is -2.30. The van der Waals surface area contributed by atoms with E-state index in [-0.39, 0.29) is 18.4 Å². The summed E-state index contributed by atoms with van der Waals surface area (Å²) in [5.74, 6) is 0.826. The van der Waals surface area contributed by atoms with Crippen molar-refractivity contribution in [1.29, 1.82) is 0 Å². The molecule has 0 aliphatic heterocycles. The number of carbonyl (C=O) groups excluding carboxylic acids is 1. The van der Waals surface area contributed by atoms with Gasteiger partial charge in [0.25, 0.3) is 0 Å². The van der Waals surface area contributed by atoms with Crippen LogP contribution < -0.4 is 5.32 Å². The van der Waals surface area contributed by atoms with Crippen LogP contribution in [-0.2, 0) is 11.2 Å². The standard InChI is InChI=1S/C21H18N4O2S/c26-18(9-10-19-24-25-21(27-19)16-11-13-28-14-16)23-20(15-6-2-1-3-7-15)17-8-4-5-12-22-17/h1-8,11-14,20H,9-10H2,(H,23,26). The molecule has 4 aromatic rings. The van der Waals surface area contributed by atoms with Gasteiger partial charge >= 0.3 is 0 Å². The summed E-state index contributed by atoms with van der Waals surface area (Å²) in [6.45, 7) is 0. The highest BCUT2D eigenvalue weighted by Crippen LogP contribution is 2.22. The van der Waals surface area contributed by atoms with E-state index < -0.39 is 0 Å². The van der Waals surface area contributed by atoms with Gasteiger partial charge in [-0.25, -0.2) is 0 Å². The normalized spacial score (nSPS) is 11.9. The summed E-state index contributed by atoms with van der Waals surface area (Å²) in [7, 11) is 0. The maximum atomic E-state index is 12.6. The van der Waals surface area contributed by atoms with E-state index in [1.54, 1.807) is 17.5 Å². The number of aromatic nitrogens is 3. The first-order valence-corrected chi connectivity index (χ1v) is 9.84. The molecule has 4 rings (SSSR count). The number of carbonyl (C=O) groups is 1. The van der Waals surface area contributed by atoms with E-state index in [4.69, 9.17) is 4.42 Å². The van der Waals surface area contributed by atoms with Crippen molar-refractivity contribution in [2.75, 3.05) is 0 Å². The number of benzene rings is 1. The number of thiophene rings is 1.